The van der Waals surface area contributed by atoms with Crippen molar-refractivity contribution in [1.82, 2.24) is 4.90 Å². The smallest absolute Gasteiger partial charge is 0.328 e. The van der Waals surface area contributed by atoms with E-state index in [2.05, 4.69) is 25.7 Å². The number of hydrogen-bond donors (Lipinski definition) is 1. The molecule has 0 amide bonds. The van der Waals surface area contributed by atoms with Crippen molar-refractivity contribution in [3.63, 3.8) is 0 Å². The van der Waals surface area contributed by atoms with Crippen LogP contribution in [0.3, 0.4) is 0 Å². The van der Waals surface area contributed by atoms with Crippen molar-refractivity contribution in [3.8, 4) is 0 Å². The minimum absolute atomic E-state index is 0.693. The van der Waals surface area contributed by atoms with Crippen LogP contribution in [0.2, 0.25) is 0 Å². The van der Waals surface area contributed by atoms with E-state index in [0.29, 0.717) is 5.92 Å². The van der Waals surface area contributed by atoms with Crippen molar-refractivity contribution in [2.45, 2.75) is 33.7 Å². The maximum Gasteiger partial charge on any atom is 0.328 e. The highest BCUT2D eigenvalue weighted by Crippen LogP contribution is 2.21. The predicted octanol–water partition coefficient (Wildman–Crippen LogP) is 3.71. The van der Waals surface area contributed by atoms with Gasteiger partial charge in [-0.3, -0.25) is 4.90 Å². The zero-order valence-corrected chi connectivity index (χ0v) is 12.7. The van der Waals surface area contributed by atoms with Crippen LogP contribution in [-0.2, 0) is 11.3 Å². The van der Waals surface area contributed by atoms with Crippen LogP contribution < -0.4 is 0 Å². The highest BCUT2D eigenvalue weighted by Gasteiger charge is 2.10. The molecule has 0 saturated heterocycles. The topological polar surface area (TPSA) is 40.5 Å². The predicted molar refractivity (Wildman–Crippen MR) is 81.4 cm³/mol. The third kappa shape index (κ3) is 5.57. The molecule has 3 nitrogen and oxygen atoms in total. The number of thiophene rings is 1. The van der Waals surface area contributed by atoms with Gasteiger partial charge in [0.2, 0.25) is 0 Å². The zero-order chi connectivity index (χ0) is 14.3. The van der Waals surface area contributed by atoms with E-state index in [0.717, 1.165) is 25.2 Å². The molecule has 0 radical (unpaired) electrons. The van der Waals surface area contributed by atoms with Gasteiger partial charge in [0.05, 0.1) is 0 Å². The van der Waals surface area contributed by atoms with Crippen LogP contribution in [-0.4, -0.2) is 29.1 Å². The van der Waals surface area contributed by atoms with Crippen LogP contribution in [0.15, 0.2) is 17.5 Å². The second-order valence-corrected chi connectivity index (χ2v) is 5.81. The summed E-state index contributed by atoms with van der Waals surface area (Å²) in [6.45, 7) is 9.66. The Morgan fingerprint density at radius 2 is 2.26 bits per heavy atom. The summed E-state index contributed by atoms with van der Waals surface area (Å²) in [7, 11) is 0. The molecule has 0 fully saturated rings. The molecule has 1 unspecified atom stereocenters. The zero-order valence-electron chi connectivity index (χ0n) is 11.9. The molecule has 0 saturated carbocycles. The summed E-state index contributed by atoms with van der Waals surface area (Å²) in [5.41, 5.74) is 1.02. The Labute approximate surface area is 119 Å². The highest BCUT2D eigenvalue weighted by atomic mass is 32.1. The molecular weight excluding hydrogens is 258 g/mol. The van der Waals surface area contributed by atoms with Gasteiger partial charge in [0, 0.05) is 24.0 Å². The van der Waals surface area contributed by atoms with Crippen LogP contribution in [0.4, 0.5) is 0 Å². The first-order valence-electron chi connectivity index (χ1n) is 6.76. The summed E-state index contributed by atoms with van der Waals surface area (Å²) in [6, 6.07) is 1.98. The van der Waals surface area contributed by atoms with Crippen LogP contribution in [0.5, 0.6) is 0 Å². The van der Waals surface area contributed by atoms with Gasteiger partial charge in [-0.25, -0.2) is 4.79 Å². The Balaban J connectivity index is 2.69. The Kier molecular flexibility index (Phi) is 6.81. The van der Waals surface area contributed by atoms with Gasteiger partial charge in [0.15, 0.2) is 0 Å². The largest absolute Gasteiger partial charge is 0.478 e. The number of aliphatic carboxylic acids is 1. The normalized spacial score (nSPS) is 13.3. The van der Waals surface area contributed by atoms with Crippen LogP contribution >= 0.6 is 11.3 Å². The van der Waals surface area contributed by atoms with Gasteiger partial charge in [0.1, 0.15) is 0 Å². The molecule has 1 aromatic heterocycles. The number of rotatable bonds is 8. The molecule has 1 aromatic rings. The van der Waals surface area contributed by atoms with Gasteiger partial charge in [-0.1, -0.05) is 27.2 Å². The van der Waals surface area contributed by atoms with Crippen LogP contribution in [0.1, 0.15) is 37.6 Å². The van der Waals surface area contributed by atoms with Crippen LogP contribution in [0.25, 0.3) is 6.08 Å². The molecule has 19 heavy (non-hydrogen) atoms. The molecule has 4 heteroatoms. The fourth-order valence-electron chi connectivity index (χ4n) is 1.87. The van der Waals surface area contributed by atoms with E-state index in [9.17, 15) is 4.79 Å². The first kappa shape index (κ1) is 15.9. The maximum absolute atomic E-state index is 10.6. The molecule has 0 aliphatic heterocycles. The lowest BCUT2D eigenvalue weighted by Gasteiger charge is -2.23. The third-order valence-corrected chi connectivity index (χ3v) is 4.19. The van der Waals surface area contributed by atoms with E-state index < -0.39 is 5.97 Å². The summed E-state index contributed by atoms with van der Waals surface area (Å²) in [6.07, 6.45) is 4.08. The standard InChI is InChI=1S/C15H23NO2S/c1-4-12(3)10-16(5-2)11-14-13(8-9-19-14)6-7-15(17)18/h6-9,12H,4-5,10-11H2,1-3H3,(H,17,18). The SMILES string of the molecule is CCC(C)CN(CC)Cc1sccc1C=CC(=O)O. The number of carbonyl (C=O) groups is 1. The highest BCUT2D eigenvalue weighted by molar-refractivity contribution is 7.10. The minimum Gasteiger partial charge on any atom is -0.478 e. The van der Waals surface area contributed by atoms with Gasteiger partial charge in [-0.2, -0.15) is 0 Å². The second-order valence-electron chi connectivity index (χ2n) is 4.81. The molecule has 106 valence electrons. The van der Waals surface area contributed by atoms with Crippen molar-refractivity contribution in [1.29, 1.82) is 0 Å². The lowest BCUT2D eigenvalue weighted by atomic mass is 10.1. The molecule has 0 aromatic carbocycles. The van der Waals surface area contributed by atoms with Gasteiger partial charge in [0.25, 0.3) is 0 Å². The number of hydrogen-bond acceptors (Lipinski definition) is 3. The first-order valence-corrected chi connectivity index (χ1v) is 7.64. The van der Waals surface area contributed by atoms with Crippen molar-refractivity contribution in [3.05, 3.63) is 28.0 Å². The molecule has 1 heterocycles. The second kappa shape index (κ2) is 8.12. The van der Waals surface area contributed by atoms with Gasteiger partial charge >= 0.3 is 5.97 Å². The molecule has 0 bridgehead atoms. The lowest BCUT2D eigenvalue weighted by molar-refractivity contribution is -0.131. The third-order valence-electron chi connectivity index (χ3n) is 3.27. The van der Waals surface area contributed by atoms with E-state index in [-0.39, 0.29) is 0 Å². The molecule has 0 aliphatic rings. The lowest BCUT2D eigenvalue weighted by Crippen LogP contribution is -2.27. The Hall–Kier alpha value is -1.13. The maximum atomic E-state index is 10.6. The summed E-state index contributed by atoms with van der Waals surface area (Å²) in [5, 5.41) is 10.7. The van der Waals surface area contributed by atoms with Gasteiger partial charge < -0.3 is 5.11 Å². The molecule has 0 aliphatic carbocycles. The summed E-state index contributed by atoms with van der Waals surface area (Å²) < 4.78 is 0. The molecular formula is C15H23NO2S. The van der Waals surface area contributed by atoms with E-state index in [1.807, 2.05) is 11.4 Å². The molecule has 1 atom stereocenters. The van der Waals surface area contributed by atoms with Crippen molar-refractivity contribution >= 4 is 23.4 Å². The number of nitrogens with zero attached hydrogens (tertiary/aromatic N) is 1. The fraction of sp³-hybridized carbons (Fsp3) is 0.533. The van der Waals surface area contributed by atoms with E-state index in [1.54, 1.807) is 17.4 Å². The van der Waals surface area contributed by atoms with E-state index >= 15 is 0 Å². The van der Waals surface area contributed by atoms with Gasteiger partial charge in [-0.15, -0.1) is 11.3 Å². The summed E-state index contributed by atoms with van der Waals surface area (Å²) in [4.78, 5) is 14.2. The van der Waals surface area contributed by atoms with E-state index in [4.69, 9.17) is 5.11 Å². The molecule has 1 rings (SSSR count). The first-order chi connectivity index (χ1) is 9.06. The Morgan fingerprint density at radius 3 is 2.84 bits per heavy atom. The Morgan fingerprint density at radius 1 is 1.53 bits per heavy atom. The number of carboxylic acid groups (broad SMARTS) is 1. The summed E-state index contributed by atoms with van der Waals surface area (Å²) >= 11 is 1.69. The average Bonchev–Trinajstić information content (AvgIpc) is 2.82. The average molecular weight is 281 g/mol. The monoisotopic (exact) mass is 281 g/mol. The van der Waals surface area contributed by atoms with E-state index in [1.165, 1.54) is 17.4 Å². The summed E-state index contributed by atoms with van der Waals surface area (Å²) in [5.74, 6) is -0.206. The molecule has 1 N–H and O–H groups in total. The van der Waals surface area contributed by atoms with Gasteiger partial charge in [-0.05, 0) is 35.5 Å². The van der Waals surface area contributed by atoms with Crippen molar-refractivity contribution < 1.29 is 9.90 Å². The number of carboxylic acids is 1. The van der Waals surface area contributed by atoms with Crippen molar-refractivity contribution in [2.75, 3.05) is 13.1 Å². The Bertz CT molecular complexity index is 426. The minimum atomic E-state index is -0.899. The molecule has 0 spiro atoms. The fourth-order valence-corrected chi connectivity index (χ4v) is 2.78. The van der Waals surface area contributed by atoms with Crippen LogP contribution in [0, 0.1) is 5.92 Å². The van der Waals surface area contributed by atoms with Crippen molar-refractivity contribution in [2.24, 2.45) is 5.92 Å². The quantitative estimate of drug-likeness (QED) is 0.738.